The average Bonchev–Trinajstić information content (AvgIpc) is 2.95. The number of hydrogen-bond acceptors (Lipinski definition) is 0. The summed E-state index contributed by atoms with van der Waals surface area (Å²) in [5.74, 6) is 3.32. The first-order chi connectivity index (χ1) is 7.35. The van der Waals surface area contributed by atoms with Crippen molar-refractivity contribution in [2.24, 2.45) is 17.8 Å². The van der Waals surface area contributed by atoms with Crippen LogP contribution in [0.1, 0.15) is 78.6 Å². The van der Waals surface area contributed by atoms with Crippen LogP contribution in [0.4, 0.5) is 0 Å². The predicted molar refractivity (Wildman–Crippen MR) is 69.0 cm³/mol. The van der Waals surface area contributed by atoms with Gasteiger partial charge in [0.15, 0.2) is 0 Å². The highest BCUT2D eigenvalue weighted by molar-refractivity contribution is 4.94. The summed E-state index contributed by atoms with van der Waals surface area (Å²) in [6.45, 7) is 7.03. The summed E-state index contributed by atoms with van der Waals surface area (Å²) in [6, 6.07) is 0. The summed E-state index contributed by atoms with van der Waals surface area (Å²) in [6.07, 6.45) is 13.1. The molecule has 0 radical (unpaired) electrons. The van der Waals surface area contributed by atoms with Crippen molar-refractivity contribution < 1.29 is 0 Å². The lowest BCUT2D eigenvalue weighted by Crippen LogP contribution is -1.84. The Bertz CT molecular complexity index is 140. The molecule has 90 valence electrons. The lowest BCUT2D eigenvalue weighted by Gasteiger charge is -2.00. The van der Waals surface area contributed by atoms with Gasteiger partial charge in [0, 0.05) is 0 Å². The van der Waals surface area contributed by atoms with Gasteiger partial charge in [-0.3, -0.25) is 0 Å². The zero-order valence-corrected chi connectivity index (χ0v) is 11.1. The van der Waals surface area contributed by atoms with Crippen LogP contribution in [0.2, 0.25) is 0 Å². The zero-order chi connectivity index (χ0) is 11.1. The lowest BCUT2D eigenvalue weighted by atomic mass is 10.1. The molecule has 0 saturated heterocycles. The molecular formula is C15H30. The lowest BCUT2D eigenvalue weighted by molar-refractivity contribution is 0.536. The molecule has 15 heavy (non-hydrogen) atoms. The Morgan fingerprint density at radius 3 is 1.67 bits per heavy atom. The Morgan fingerprint density at radius 1 is 0.600 bits per heavy atom. The smallest absolute Gasteiger partial charge is 0.0352 e. The topological polar surface area (TPSA) is 0 Å². The molecule has 0 amide bonds. The minimum absolute atomic E-state index is 1.10. The third-order valence-corrected chi connectivity index (χ3v) is 4.34. The summed E-state index contributed by atoms with van der Waals surface area (Å²) in [5, 5.41) is 0. The summed E-state index contributed by atoms with van der Waals surface area (Å²) < 4.78 is 0. The van der Waals surface area contributed by atoms with E-state index >= 15 is 0 Å². The largest absolute Gasteiger partial charge is 0.0654 e. The summed E-state index contributed by atoms with van der Waals surface area (Å²) in [4.78, 5) is 0. The van der Waals surface area contributed by atoms with Crippen molar-refractivity contribution in [1.29, 1.82) is 0 Å². The molecule has 0 bridgehead atoms. The van der Waals surface area contributed by atoms with E-state index in [-0.39, 0.29) is 0 Å². The van der Waals surface area contributed by atoms with E-state index in [0.717, 1.165) is 17.8 Å². The maximum atomic E-state index is 2.37. The van der Waals surface area contributed by atoms with Crippen LogP contribution in [0.15, 0.2) is 0 Å². The first-order valence-electron chi connectivity index (χ1n) is 7.35. The molecule has 1 fully saturated rings. The van der Waals surface area contributed by atoms with Crippen LogP contribution < -0.4 is 0 Å². The molecule has 0 N–H and O–H groups in total. The van der Waals surface area contributed by atoms with Crippen molar-refractivity contribution in [1.82, 2.24) is 0 Å². The second kappa shape index (κ2) is 7.30. The van der Waals surface area contributed by atoms with Crippen molar-refractivity contribution in [2.75, 3.05) is 0 Å². The maximum absolute atomic E-state index is 2.37. The average molecular weight is 210 g/mol. The van der Waals surface area contributed by atoms with Crippen molar-refractivity contribution in [2.45, 2.75) is 78.6 Å². The van der Waals surface area contributed by atoms with Crippen molar-refractivity contribution in [3.05, 3.63) is 0 Å². The minimum atomic E-state index is 1.10. The molecule has 0 aliphatic heterocycles. The van der Waals surface area contributed by atoms with E-state index in [2.05, 4.69) is 20.8 Å². The van der Waals surface area contributed by atoms with Gasteiger partial charge in [0.25, 0.3) is 0 Å². The monoisotopic (exact) mass is 210 g/mol. The molecule has 0 aromatic heterocycles. The van der Waals surface area contributed by atoms with Crippen molar-refractivity contribution >= 4 is 0 Å². The highest BCUT2D eigenvalue weighted by Crippen LogP contribution is 2.53. The third-order valence-electron chi connectivity index (χ3n) is 4.34. The summed E-state index contributed by atoms with van der Waals surface area (Å²) >= 11 is 0. The number of rotatable bonds is 9. The molecule has 0 aromatic carbocycles. The van der Waals surface area contributed by atoms with Gasteiger partial charge in [0.2, 0.25) is 0 Å². The van der Waals surface area contributed by atoms with Crippen LogP contribution in [0, 0.1) is 17.8 Å². The molecule has 0 aromatic rings. The summed E-state index contributed by atoms with van der Waals surface area (Å²) in [7, 11) is 0. The van der Waals surface area contributed by atoms with E-state index < -0.39 is 0 Å². The normalized spacial score (nSPS) is 29.4. The number of unbranched alkanes of at least 4 members (excludes halogenated alkanes) is 5. The van der Waals surface area contributed by atoms with Crippen LogP contribution in [-0.2, 0) is 0 Å². The fourth-order valence-corrected chi connectivity index (χ4v) is 3.32. The van der Waals surface area contributed by atoms with Crippen molar-refractivity contribution in [3.63, 3.8) is 0 Å². The van der Waals surface area contributed by atoms with Gasteiger partial charge < -0.3 is 0 Å². The molecule has 0 heterocycles. The van der Waals surface area contributed by atoms with Gasteiger partial charge in [-0.1, -0.05) is 72.1 Å². The Labute approximate surface area is 96.8 Å². The molecule has 0 nitrogen and oxygen atoms in total. The molecule has 0 spiro atoms. The van der Waals surface area contributed by atoms with Gasteiger partial charge in [-0.2, -0.15) is 0 Å². The molecule has 1 rings (SSSR count). The quantitative estimate of drug-likeness (QED) is 0.446. The van der Waals surface area contributed by atoms with E-state index in [1.807, 2.05) is 0 Å². The fourth-order valence-electron chi connectivity index (χ4n) is 3.32. The second-order valence-corrected chi connectivity index (χ2v) is 5.36. The van der Waals surface area contributed by atoms with Gasteiger partial charge in [-0.05, 0) is 24.2 Å². The predicted octanol–water partition coefficient (Wildman–Crippen LogP) is 5.42. The number of hydrogen-bond donors (Lipinski definition) is 0. The molecule has 1 aliphatic carbocycles. The van der Waals surface area contributed by atoms with Crippen LogP contribution in [0.3, 0.4) is 0 Å². The maximum Gasteiger partial charge on any atom is -0.0352 e. The van der Waals surface area contributed by atoms with Crippen LogP contribution >= 0.6 is 0 Å². The first-order valence-corrected chi connectivity index (χ1v) is 7.35. The molecule has 0 heteroatoms. The van der Waals surface area contributed by atoms with E-state index in [0.29, 0.717) is 0 Å². The van der Waals surface area contributed by atoms with Gasteiger partial charge >= 0.3 is 0 Å². The second-order valence-electron chi connectivity index (χ2n) is 5.36. The standard InChI is InChI=1S/C15H30/c1-4-7-8-9-10-11-12-15-13(5-2)14(15)6-3/h13-15H,4-12H2,1-3H3. The zero-order valence-electron chi connectivity index (χ0n) is 11.1. The molecule has 2 atom stereocenters. The molecule has 1 saturated carbocycles. The minimum Gasteiger partial charge on any atom is -0.0654 e. The molecule has 1 aliphatic rings. The van der Waals surface area contributed by atoms with E-state index in [1.54, 1.807) is 0 Å². The fraction of sp³-hybridized carbons (Fsp3) is 1.00. The third kappa shape index (κ3) is 4.17. The molecular weight excluding hydrogens is 180 g/mol. The van der Waals surface area contributed by atoms with E-state index in [4.69, 9.17) is 0 Å². The Hall–Kier alpha value is 0. The van der Waals surface area contributed by atoms with Gasteiger partial charge in [-0.25, -0.2) is 0 Å². The molecule has 2 unspecified atom stereocenters. The van der Waals surface area contributed by atoms with Crippen LogP contribution in [-0.4, -0.2) is 0 Å². The van der Waals surface area contributed by atoms with E-state index in [1.165, 1.54) is 57.8 Å². The van der Waals surface area contributed by atoms with Crippen LogP contribution in [0.5, 0.6) is 0 Å². The highest BCUT2D eigenvalue weighted by atomic mass is 14.5. The Balaban J connectivity index is 1.92. The van der Waals surface area contributed by atoms with Crippen LogP contribution in [0.25, 0.3) is 0 Å². The Morgan fingerprint density at radius 2 is 1.13 bits per heavy atom. The highest BCUT2D eigenvalue weighted by Gasteiger charge is 2.45. The summed E-state index contributed by atoms with van der Waals surface area (Å²) in [5.41, 5.74) is 0. The van der Waals surface area contributed by atoms with E-state index in [9.17, 15) is 0 Å². The van der Waals surface area contributed by atoms with Crippen molar-refractivity contribution in [3.8, 4) is 0 Å². The first kappa shape index (κ1) is 13.1. The van der Waals surface area contributed by atoms with Gasteiger partial charge in [-0.15, -0.1) is 0 Å². The van der Waals surface area contributed by atoms with Gasteiger partial charge in [0.1, 0.15) is 0 Å². The van der Waals surface area contributed by atoms with Gasteiger partial charge in [0.05, 0.1) is 0 Å². The SMILES string of the molecule is CCCCCCCCC1C(CC)C1CC. The Kier molecular flexibility index (Phi) is 6.36.